The molecule has 428 valence electrons. The number of esters is 2. The molecule has 0 radical (unpaired) electrons. The first-order chi connectivity index (χ1) is 33.2. The molecule has 0 fully saturated rings. The number of alkyl halides is 2. The second kappa shape index (κ2) is 54.2. The largest absolute Gasteiger partial charge is 1.00 e. The summed E-state index contributed by atoms with van der Waals surface area (Å²) < 4.78 is 12.4. The zero-order chi connectivity index (χ0) is 51.8. The number of benzene rings is 2. The summed E-state index contributed by atoms with van der Waals surface area (Å²) in [5, 5.41) is 0.194. The Bertz CT molecular complexity index is 1530. The number of nitrogens with zero attached hydrogens (tertiary/aromatic N) is 2. The van der Waals surface area contributed by atoms with E-state index in [1.54, 1.807) is 0 Å². The van der Waals surface area contributed by atoms with Crippen molar-refractivity contribution in [3.05, 3.63) is 69.8 Å². The molecule has 0 bridgehead atoms. The number of hydrogen-bond donors (Lipinski definition) is 0. The van der Waals surface area contributed by atoms with E-state index in [1.807, 2.05) is 12.1 Å². The summed E-state index contributed by atoms with van der Waals surface area (Å²) in [7, 11) is 0. The van der Waals surface area contributed by atoms with E-state index in [0.29, 0.717) is 74.0 Å². The Morgan fingerprint density at radius 2 is 0.703 bits per heavy atom. The number of carbonyl (C=O) groups excluding carboxylic acids is 4. The van der Waals surface area contributed by atoms with Crippen LogP contribution in [0.2, 0.25) is 0 Å². The Balaban J connectivity index is -0.000000278. The Kier molecular flexibility index (Phi) is 61.9. The first-order valence-corrected chi connectivity index (χ1v) is 28.5. The van der Waals surface area contributed by atoms with Crippen molar-refractivity contribution in [1.29, 1.82) is 0 Å². The third-order valence-corrected chi connectivity index (χ3v) is 14.4. The number of ether oxygens (including phenoxy) is 2. The van der Waals surface area contributed by atoms with Gasteiger partial charge in [0.05, 0.1) is 31.5 Å². The number of Topliss-reactive ketones (excluding diaryl/α,β-unsaturated/α-hetero) is 2. The number of hydrogen-bond acceptors (Lipinski definition) is 6. The number of ketones is 2. The van der Waals surface area contributed by atoms with Crippen molar-refractivity contribution >= 4 is 46.7 Å². The number of rotatable bonds is 38. The van der Waals surface area contributed by atoms with Gasteiger partial charge in [0, 0.05) is 25.7 Å². The molecule has 0 heterocycles. The van der Waals surface area contributed by atoms with Gasteiger partial charge in [0.2, 0.25) is 0 Å². The molecule has 0 atom stereocenters. The molecule has 0 amide bonds. The second-order valence-electron chi connectivity index (χ2n) is 19.6. The minimum absolute atomic E-state index is 0. The van der Waals surface area contributed by atoms with Crippen LogP contribution in [0.4, 0.5) is 0 Å². The van der Waals surface area contributed by atoms with Crippen LogP contribution in [0.25, 0.3) is 0 Å². The average molecular weight is 1200 g/mol. The van der Waals surface area contributed by atoms with Crippen LogP contribution in [0.5, 0.6) is 0 Å². The molecule has 2 N–H and O–H groups in total. The molecule has 0 saturated heterocycles. The van der Waals surface area contributed by atoms with Crippen LogP contribution in [-0.4, -0.2) is 109 Å². The van der Waals surface area contributed by atoms with Crippen LogP contribution in [0, 0.1) is 27.7 Å². The van der Waals surface area contributed by atoms with Gasteiger partial charge in [0.1, 0.15) is 39.4 Å². The predicted molar refractivity (Wildman–Crippen MR) is 297 cm³/mol. The van der Waals surface area contributed by atoms with Crippen molar-refractivity contribution in [3.8, 4) is 0 Å². The summed E-state index contributed by atoms with van der Waals surface area (Å²) in [5.41, 5.74) is 7.03. The summed E-state index contributed by atoms with van der Waals surface area (Å²) in [5.74, 6) is 0.337. The molecule has 0 unspecified atom stereocenters. The zero-order valence-corrected chi connectivity index (χ0v) is 55.1. The van der Waals surface area contributed by atoms with Gasteiger partial charge in [-0.3, -0.25) is 19.2 Å². The summed E-state index contributed by atoms with van der Waals surface area (Å²) in [6.45, 7) is 27.9. The van der Waals surface area contributed by atoms with E-state index in [0.717, 1.165) is 63.0 Å². The molecule has 0 aromatic heterocycles. The van der Waals surface area contributed by atoms with Gasteiger partial charge >= 0.3 is 41.5 Å². The summed E-state index contributed by atoms with van der Waals surface area (Å²) >= 11 is 9.53. The van der Waals surface area contributed by atoms with Crippen LogP contribution in [0.1, 0.15) is 203 Å². The molecule has 0 saturated carbocycles. The molecule has 0 aliphatic carbocycles. The molecule has 0 aliphatic heterocycles. The van der Waals surface area contributed by atoms with E-state index in [1.165, 1.54) is 112 Å². The number of aryl methyl sites for hydroxylation is 4. The van der Waals surface area contributed by atoms with Crippen LogP contribution < -0.4 is 71.4 Å². The number of unbranched alkanes of at least 4 members (excludes halogenated alkanes) is 16. The van der Waals surface area contributed by atoms with Crippen LogP contribution >= 0.6 is 23.2 Å². The Labute approximate surface area is 508 Å². The fourth-order valence-corrected chi connectivity index (χ4v) is 9.21. The Morgan fingerprint density at radius 1 is 0.459 bits per heavy atom. The number of likely N-dealkylation sites (N-methyl/N-ethyl adjacent to an activating group) is 2. The van der Waals surface area contributed by atoms with E-state index in [2.05, 4.69) is 93.5 Å². The topological polar surface area (TPSA) is 118 Å². The van der Waals surface area contributed by atoms with Gasteiger partial charge in [-0.2, -0.15) is 0 Å². The normalized spacial score (nSPS) is 10.5. The van der Waals surface area contributed by atoms with E-state index < -0.39 is 0 Å². The Hall–Kier alpha value is -0.760. The van der Waals surface area contributed by atoms with Crippen LogP contribution in [0.3, 0.4) is 0 Å². The van der Waals surface area contributed by atoms with Gasteiger partial charge in [-0.05, 0) is 102 Å². The maximum atomic E-state index is 12.9. The summed E-state index contributed by atoms with van der Waals surface area (Å²) in [6.07, 6.45) is 24.4. The first kappa shape index (κ1) is 84.5. The third-order valence-electron chi connectivity index (χ3n) is 14.4. The molecule has 15 heteroatoms. The quantitative estimate of drug-likeness (QED) is 0.0335. The standard InChI is InChI=1S/2C29H50NO3.CH2Cl2.BrH.2ClH.Na.H2O/c2*1-6-9-10-11-12-13-14-15-16-20-29(32)33-22-21-30(7-2,8-3)24-27(31)23-28-25(4)18-17-19-26(28)5;2-1-3;;;;;/h2*17-19H,6-16,20-24H2,1-5H3;1H2;3*1H;;1H2/q2*+1;;;;;+1;/p-3. The van der Waals surface area contributed by atoms with E-state index in [4.69, 9.17) is 32.7 Å². The first-order valence-electron chi connectivity index (χ1n) is 27.4. The predicted octanol–water partition coefficient (Wildman–Crippen LogP) is 2.08. The number of carbonyl (C=O) groups is 4. The van der Waals surface area contributed by atoms with Gasteiger partial charge in [-0.25, -0.2) is 0 Å². The van der Waals surface area contributed by atoms with Crippen molar-refractivity contribution in [3.63, 3.8) is 0 Å². The van der Waals surface area contributed by atoms with Crippen LogP contribution in [0.15, 0.2) is 36.4 Å². The summed E-state index contributed by atoms with van der Waals surface area (Å²) in [6, 6.07) is 12.4. The minimum Gasteiger partial charge on any atom is -1.00 e. The van der Waals surface area contributed by atoms with Gasteiger partial charge in [0.25, 0.3) is 0 Å². The fourth-order valence-electron chi connectivity index (χ4n) is 9.21. The maximum Gasteiger partial charge on any atom is 1.00 e. The molecule has 0 spiro atoms. The monoisotopic (exact) mass is 1190 g/mol. The van der Waals surface area contributed by atoms with Crippen LogP contribution in [-0.2, 0) is 41.5 Å². The van der Waals surface area contributed by atoms with Gasteiger partial charge in [-0.1, -0.05) is 153 Å². The smallest absolute Gasteiger partial charge is 1.00 e. The Morgan fingerprint density at radius 3 is 0.946 bits per heavy atom. The minimum atomic E-state index is -0.0925. The van der Waals surface area contributed by atoms with Crippen molar-refractivity contribution in [1.82, 2.24) is 0 Å². The fraction of sp³-hybridized carbons (Fsp3) is 0.729. The average Bonchev–Trinajstić information content (AvgIpc) is 3.32. The maximum absolute atomic E-state index is 12.9. The van der Waals surface area contributed by atoms with Crippen molar-refractivity contribution in [2.24, 2.45) is 0 Å². The van der Waals surface area contributed by atoms with Crippen molar-refractivity contribution < 1.29 is 114 Å². The van der Waals surface area contributed by atoms with Gasteiger partial charge < -0.3 is 65.7 Å². The summed E-state index contributed by atoms with van der Waals surface area (Å²) in [4.78, 5) is 50.2. The van der Waals surface area contributed by atoms with Gasteiger partial charge in [0.15, 0.2) is 11.6 Å². The number of halogens is 5. The van der Waals surface area contributed by atoms with Crippen molar-refractivity contribution in [2.75, 3.05) is 70.9 Å². The molecular formula is C59H104BrCl4N2NaO7. The molecule has 74 heavy (non-hydrogen) atoms. The third kappa shape index (κ3) is 40.4. The van der Waals surface area contributed by atoms with Crippen molar-refractivity contribution in [2.45, 2.75) is 210 Å². The van der Waals surface area contributed by atoms with Gasteiger partial charge in [-0.15, -0.1) is 23.2 Å². The van der Waals surface area contributed by atoms with E-state index in [9.17, 15) is 19.2 Å². The molecule has 0 aliphatic rings. The molecule has 2 rings (SSSR count). The molecular weight excluding hydrogens is 1090 g/mol. The second-order valence-corrected chi connectivity index (χ2v) is 20.4. The van der Waals surface area contributed by atoms with E-state index >= 15 is 0 Å². The zero-order valence-electron chi connectivity index (χ0n) is 48.5. The molecule has 2 aromatic rings. The SMILES string of the molecule is CCCCCCCCCCCC(=O)OCC[N+](CC)(CC)CC(=O)Cc1c(C)cccc1C.CCCCCCCCCCCC(=O)OCC[N+](CC)(CC)CC(=O)Cc1c(C)cccc1C.ClCCl.O.[Br-].[Cl-].[Cl-].[Na+]. The van der Waals surface area contributed by atoms with E-state index in [-0.39, 0.29) is 106 Å². The molecule has 9 nitrogen and oxygen atoms in total. The number of quaternary nitrogens is 2. The molecule has 2 aromatic carbocycles.